The molecule has 2 aromatic heterocycles. The molecule has 128 valence electrons. The number of hydrogen-bond acceptors (Lipinski definition) is 5. The van der Waals surface area contributed by atoms with Crippen molar-refractivity contribution < 1.29 is 9.53 Å². The summed E-state index contributed by atoms with van der Waals surface area (Å²) in [5.74, 6) is 1.29. The minimum Gasteiger partial charge on any atom is -0.443 e. The molecule has 0 saturated heterocycles. The molecule has 0 unspecified atom stereocenters. The maximum atomic E-state index is 12.8. The van der Waals surface area contributed by atoms with E-state index in [9.17, 15) is 4.79 Å². The molecule has 2 aromatic rings. The summed E-state index contributed by atoms with van der Waals surface area (Å²) >= 11 is 0. The number of carbonyl (C=O) groups excluding carboxylic acids is 1. The molecule has 1 aliphatic carbocycles. The zero-order chi connectivity index (χ0) is 18.0. The van der Waals surface area contributed by atoms with Gasteiger partial charge in [0.05, 0.1) is 11.6 Å². The molecule has 1 aliphatic rings. The van der Waals surface area contributed by atoms with Crippen LogP contribution in [0.2, 0.25) is 0 Å². The van der Waals surface area contributed by atoms with Gasteiger partial charge in [-0.1, -0.05) is 0 Å². The van der Waals surface area contributed by atoms with Crippen LogP contribution in [0.1, 0.15) is 50.7 Å². The normalized spacial score (nSPS) is 13.8. The van der Waals surface area contributed by atoms with Gasteiger partial charge in [-0.25, -0.2) is 19.7 Å². The Morgan fingerprint density at radius 3 is 2.44 bits per heavy atom. The topological polar surface area (TPSA) is 79.1 Å². The van der Waals surface area contributed by atoms with E-state index in [4.69, 9.17) is 10.00 Å². The lowest BCUT2D eigenvalue weighted by atomic mass is 10.1. The highest BCUT2D eigenvalue weighted by atomic mass is 16.6. The number of amides is 1. The molecule has 0 aromatic carbocycles. The van der Waals surface area contributed by atoms with Crippen molar-refractivity contribution in [2.45, 2.75) is 45.1 Å². The van der Waals surface area contributed by atoms with E-state index >= 15 is 0 Å². The largest absolute Gasteiger partial charge is 0.443 e. The number of nitriles is 1. The maximum absolute atomic E-state index is 12.8. The van der Waals surface area contributed by atoms with E-state index in [0.29, 0.717) is 23.1 Å². The van der Waals surface area contributed by atoms with Crippen LogP contribution < -0.4 is 4.90 Å². The summed E-state index contributed by atoms with van der Waals surface area (Å²) in [5.41, 5.74) is 0.905. The van der Waals surface area contributed by atoms with Crippen molar-refractivity contribution in [3.63, 3.8) is 0 Å². The summed E-state index contributed by atoms with van der Waals surface area (Å²) in [6, 6.07) is 9.06. The molecular weight excluding hydrogens is 316 g/mol. The average molecular weight is 336 g/mol. The third-order valence-corrected chi connectivity index (χ3v) is 3.73. The summed E-state index contributed by atoms with van der Waals surface area (Å²) in [4.78, 5) is 22.7. The fraction of sp³-hybridized carbons (Fsp3) is 0.368. The van der Waals surface area contributed by atoms with Crippen molar-refractivity contribution in [1.29, 1.82) is 5.26 Å². The standard InChI is InChI=1S/C19H20N4O2/c1-19(2,3)25-18(24)23(16-10-13(12-20)6-8-21-16)17-11-15(7-9-22-17)14-4-5-14/h6-11,14H,4-5H2,1-3H3. The number of hydrogen-bond donors (Lipinski definition) is 0. The van der Waals surface area contributed by atoms with Crippen LogP contribution in [-0.2, 0) is 4.74 Å². The second kappa shape index (κ2) is 6.52. The molecule has 2 heterocycles. The molecule has 0 spiro atoms. The van der Waals surface area contributed by atoms with E-state index < -0.39 is 11.7 Å². The fourth-order valence-electron chi connectivity index (χ4n) is 2.45. The Balaban J connectivity index is 2.03. The van der Waals surface area contributed by atoms with Crippen molar-refractivity contribution in [3.05, 3.63) is 47.8 Å². The summed E-state index contributed by atoms with van der Waals surface area (Å²) in [5, 5.41) is 9.14. The SMILES string of the molecule is CC(C)(C)OC(=O)N(c1cc(C#N)ccn1)c1cc(C2CC2)ccn1. The first-order valence-electron chi connectivity index (χ1n) is 8.22. The zero-order valence-electron chi connectivity index (χ0n) is 14.6. The van der Waals surface area contributed by atoms with E-state index in [1.807, 2.05) is 12.1 Å². The molecule has 1 saturated carbocycles. The molecule has 0 atom stereocenters. The number of aromatic nitrogens is 2. The van der Waals surface area contributed by atoms with Gasteiger partial charge in [0.1, 0.15) is 17.2 Å². The lowest BCUT2D eigenvalue weighted by Gasteiger charge is -2.26. The Morgan fingerprint density at radius 2 is 1.84 bits per heavy atom. The summed E-state index contributed by atoms with van der Waals surface area (Å²) in [6.45, 7) is 5.41. The van der Waals surface area contributed by atoms with Gasteiger partial charge in [-0.2, -0.15) is 5.26 Å². The molecule has 0 N–H and O–H groups in total. The van der Waals surface area contributed by atoms with Crippen LogP contribution >= 0.6 is 0 Å². The molecule has 6 nitrogen and oxygen atoms in total. The predicted molar refractivity (Wildman–Crippen MR) is 93.5 cm³/mol. The van der Waals surface area contributed by atoms with Crippen LogP contribution in [-0.4, -0.2) is 21.7 Å². The van der Waals surface area contributed by atoms with Gasteiger partial charge in [-0.3, -0.25) is 0 Å². The van der Waals surface area contributed by atoms with Crippen LogP contribution in [0, 0.1) is 11.3 Å². The predicted octanol–water partition coefficient (Wildman–Crippen LogP) is 4.30. The molecule has 0 radical (unpaired) electrons. The molecule has 0 bridgehead atoms. The van der Waals surface area contributed by atoms with E-state index in [0.717, 1.165) is 18.4 Å². The van der Waals surface area contributed by atoms with Crippen LogP contribution in [0.3, 0.4) is 0 Å². The Bertz CT molecular complexity index is 832. The second-order valence-electron chi connectivity index (χ2n) is 7.05. The van der Waals surface area contributed by atoms with Gasteiger partial charge in [0.2, 0.25) is 0 Å². The fourth-order valence-corrected chi connectivity index (χ4v) is 2.45. The van der Waals surface area contributed by atoms with Gasteiger partial charge >= 0.3 is 6.09 Å². The highest BCUT2D eigenvalue weighted by Gasteiger charge is 2.29. The lowest BCUT2D eigenvalue weighted by molar-refractivity contribution is 0.0597. The number of carbonyl (C=O) groups is 1. The third kappa shape index (κ3) is 4.13. The lowest BCUT2D eigenvalue weighted by Crippen LogP contribution is -2.34. The van der Waals surface area contributed by atoms with Crippen LogP contribution in [0.25, 0.3) is 0 Å². The van der Waals surface area contributed by atoms with Crippen LogP contribution in [0.4, 0.5) is 16.4 Å². The van der Waals surface area contributed by atoms with E-state index in [-0.39, 0.29) is 0 Å². The van der Waals surface area contributed by atoms with Gasteiger partial charge in [-0.05, 0) is 69.4 Å². The molecule has 25 heavy (non-hydrogen) atoms. The first kappa shape index (κ1) is 16.9. The first-order valence-corrected chi connectivity index (χ1v) is 8.22. The van der Waals surface area contributed by atoms with E-state index in [1.165, 1.54) is 11.1 Å². The summed E-state index contributed by atoms with van der Waals surface area (Å²) in [7, 11) is 0. The zero-order valence-corrected chi connectivity index (χ0v) is 14.6. The van der Waals surface area contributed by atoms with Gasteiger partial charge < -0.3 is 4.74 Å². The Morgan fingerprint density at radius 1 is 1.20 bits per heavy atom. The number of pyridine rings is 2. The molecule has 6 heteroatoms. The highest BCUT2D eigenvalue weighted by Crippen LogP contribution is 2.41. The van der Waals surface area contributed by atoms with E-state index in [2.05, 4.69) is 16.0 Å². The molecular formula is C19H20N4O2. The second-order valence-corrected chi connectivity index (χ2v) is 7.05. The van der Waals surface area contributed by atoms with Crippen molar-refractivity contribution in [1.82, 2.24) is 9.97 Å². The summed E-state index contributed by atoms with van der Waals surface area (Å²) in [6.07, 6.45) is 4.91. The maximum Gasteiger partial charge on any atom is 0.421 e. The van der Waals surface area contributed by atoms with Gasteiger partial charge in [0, 0.05) is 12.4 Å². The van der Waals surface area contributed by atoms with Crippen LogP contribution in [0.5, 0.6) is 0 Å². The smallest absolute Gasteiger partial charge is 0.421 e. The van der Waals surface area contributed by atoms with Gasteiger partial charge in [-0.15, -0.1) is 0 Å². The monoisotopic (exact) mass is 336 g/mol. The molecule has 3 rings (SSSR count). The number of anilines is 2. The Kier molecular flexibility index (Phi) is 4.41. The minimum absolute atomic E-state index is 0.314. The number of rotatable bonds is 3. The molecule has 0 aliphatic heterocycles. The van der Waals surface area contributed by atoms with Gasteiger partial charge in [0.25, 0.3) is 0 Å². The number of nitrogens with zero attached hydrogens (tertiary/aromatic N) is 4. The number of ether oxygens (including phenoxy) is 1. The summed E-state index contributed by atoms with van der Waals surface area (Å²) < 4.78 is 5.52. The Labute approximate surface area is 147 Å². The van der Waals surface area contributed by atoms with Crippen LogP contribution in [0.15, 0.2) is 36.7 Å². The van der Waals surface area contributed by atoms with Crippen molar-refractivity contribution in [3.8, 4) is 6.07 Å². The van der Waals surface area contributed by atoms with Crippen molar-refractivity contribution in [2.24, 2.45) is 0 Å². The average Bonchev–Trinajstić information content (AvgIpc) is 3.39. The van der Waals surface area contributed by atoms with E-state index in [1.54, 1.807) is 39.1 Å². The first-order chi connectivity index (χ1) is 11.9. The molecule has 1 fully saturated rings. The minimum atomic E-state index is -0.656. The Hall–Kier alpha value is -2.94. The third-order valence-electron chi connectivity index (χ3n) is 3.73. The molecule has 1 amide bonds. The quantitative estimate of drug-likeness (QED) is 0.835. The van der Waals surface area contributed by atoms with Crippen molar-refractivity contribution in [2.75, 3.05) is 4.90 Å². The van der Waals surface area contributed by atoms with Crippen molar-refractivity contribution >= 4 is 17.7 Å². The highest BCUT2D eigenvalue weighted by molar-refractivity contribution is 5.94. The van der Waals surface area contributed by atoms with Gasteiger partial charge in [0.15, 0.2) is 0 Å².